The van der Waals surface area contributed by atoms with E-state index in [4.69, 9.17) is 0 Å². The maximum absolute atomic E-state index is 12.1. The molecule has 0 fully saturated rings. The number of carbonyl (C=O) groups excluding carboxylic acids is 1. The predicted octanol–water partition coefficient (Wildman–Crippen LogP) is 1.17. The van der Waals surface area contributed by atoms with Crippen LogP contribution in [0.25, 0.3) is 0 Å². The second-order valence-electron chi connectivity index (χ2n) is 5.27. The van der Waals surface area contributed by atoms with Gasteiger partial charge in [0.25, 0.3) is 0 Å². The summed E-state index contributed by atoms with van der Waals surface area (Å²) in [6.45, 7) is 4.08. The van der Waals surface area contributed by atoms with Gasteiger partial charge in [0.05, 0.1) is 6.54 Å². The van der Waals surface area contributed by atoms with E-state index in [9.17, 15) is 4.79 Å². The molecule has 2 heterocycles. The van der Waals surface area contributed by atoms with E-state index in [2.05, 4.69) is 35.8 Å². The Morgan fingerprint density at radius 1 is 1.53 bits per heavy atom. The Morgan fingerprint density at radius 3 is 3.16 bits per heavy atom. The average molecular weight is 281 g/mol. The average Bonchev–Trinajstić information content (AvgIpc) is 2.84. The van der Waals surface area contributed by atoms with Crippen LogP contribution in [0.1, 0.15) is 16.9 Å². The van der Waals surface area contributed by atoms with Gasteiger partial charge in [-0.1, -0.05) is 0 Å². The third-order valence-electron chi connectivity index (χ3n) is 3.40. The molecule has 2 rings (SSSR count). The van der Waals surface area contributed by atoms with Crippen molar-refractivity contribution in [2.45, 2.75) is 19.4 Å². The van der Waals surface area contributed by atoms with Crippen molar-refractivity contribution in [3.05, 3.63) is 21.9 Å². The molecule has 1 amide bonds. The van der Waals surface area contributed by atoms with Gasteiger partial charge >= 0.3 is 0 Å². The first-order valence-corrected chi connectivity index (χ1v) is 7.73. The molecule has 1 aliphatic rings. The SMILES string of the molecule is CN(C)CCCNCC(=O)N1CCc2sccc2C1. The second kappa shape index (κ2) is 7.03. The van der Waals surface area contributed by atoms with Crippen molar-refractivity contribution in [2.75, 3.05) is 40.3 Å². The number of hydrogen-bond acceptors (Lipinski definition) is 4. The lowest BCUT2D eigenvalue weighted by molar-refractivity contribution is -0.131. The number of thiophene rings is 1. The van der Waals surface area contributed by atoms with Crippen molar-refractivity contribution in [1.82, 2.24) is 15.1 Å². The number of rotatable bonds is 6. The van der Waals surface area contributed by atoms with Gasteiger partial charge in [-0.05, 0) is 57.0 Å². The number of nitrogens with one attached hydrogen (secondary N) is 1. The van der Waals surface area contributed by atoms with E-state index in [1.54, 1.807) is 0 Å². The predicted molar refractivity (Wildman–Crippen MR) is 79.5 cm³/mol. The van der Waals surface area contributed by atoms with Gasteiger partial charge in [-0.15, -0.1) is 11.3 Å². The zero-order valence-corrected chi connectivity index (χ0v) is 12.6. The lowest BCUT2D eigenvalue weighted by Gasteiger charge is -2.27. The molecule has 106 valence electrons. The van der Waals surface area contributed by atoms with Crippen LogP contribution < -0.4 is 5.32 Å². The van der Waals surface area contributed by atoms with Crippen LogP contribution in [0.2, 0.25) is 0 Å². The van der Waals surface area contributed by atoms with Crippen LogP contribution in [-0.2, 0) is 17.8 Å². The van der Waals surface area contributed by atoms with Crippen LogP contribution in [0.5, 0.6) is 0 Å². The number of amides is 1. The smallest absolute Gasteiger partial charge is 0.236 e. The summed E-state index contributed by atoms with van der Waals surface area (Å²) in [5, 5.41) is 5.36. The van der Waals surface area contributed by atoms with Gasteiger partial charge in [-0.25, -0.2) is 0 Å². The molecule has 0 bridgehead atoms. The monoisotopic (exact) mass is 281 g/mol. The molecule has 1 aliphatic heterocycles. The highest BCUT2D eigenvalue weighted by molar-refractivity contribution is 7.10. The van der Waals surface area contributed by atoms with Crippen LogP contribution in [-0.4, -0.2) is 56.0 Å². The van der Waals surface area contributed by atoms with Crippen molar-refractivity contribution in [3.63, 3.8) is 0 Å². The minimum atomic E-state index is 0.224. The largest absolute Gasteiger partial charge is 0.337 e. The van der Waals surface area contributed by atoms with Crippen molar-refractivity contribution >= 4 is 17.2 Å². The standard InChI is InChI=1S/C14H23N3OS/c1-16(2)7-3-6-15-10-14(18)17-8-4-13-12(11-17)5-9-19-13/h5,9,15H,3-4,6-8,10-11H2,1-2H3. The summed E-state index contributed by atoms with van der Waals surface area (Å²) >= 11 is 1.81. The lowest BCUT2D eigenvalue weighted by atomic mass is 10.1. The van der Waals surface area contributed by atoms with Crippen LogP contribution in [0, 0.1) is 0 Å². The van der Waals surface area contributed by atoms with Gasteiger partial charge in [-0.3, -0.25) is 4.79 Å². The number of carbonyl (C=O) groups is 1. The Balaban J connectivity index is 1.67. The molecule has 1 aromatic rings. The lowest BCUT2D eigenvalue weighted by Crippen LogP contribution is -2.41. The second-order valence-corrected chi connectivity index (χ2v) is 6.27. The highest BCUT2D eigenvalue weighted by Crippen LogP contribution is 2.23. The summed E-state index contributed by atoms with van der Waals surface area (Å²) < 4.78 is 0. The fourth-order valence-electron chi connectivity index (χ4n) is 2.29. The molecule has 0 spiro atoms. The molecule has 4 nitrogen and oxygen atoms in total. The van der Waals surface area contributed by atoms with Gasteiger partial charge in [-0.2, -0.15) is 0 Å². The van der Waals surface area contributed by atoms with E-state index >= 15 is 0 Å². The van der Waals surface area contributed by atoms with Crippen LogP contribution in [0.15, 0.2) is 11.4 Å². The topological polar surface area (TPSA) is 35.6 Å². The molecule has 19 heavy (non-hydrogen) atoms. The molecule has 0 saturated heterocycles. The van der Waals surface area contributed by atoms with Gasteiger partial charge in [0.2, 0.25) is 5.91 Å². The highest BCUT2D eigenvalue weighted by Gasteiger charge is 2.20. The zero-order valence-electron chi connectivity index (χ0n) is 11.8. The minimum Gasteiger partial charge on any atom is -0.337 e. The van der Waals surface area contributed by atoms with E-state index < -0.39 is 0 Å². The summed E-state index contributed by atoms with van der Waals surface area (Å²) in [6.07, 6.45) is 2.09. The van der Waals surface area contributed by atoms with E-state index in [0.29, 0.717) is 6.54 Å². The molecule has 1 N–H and O–H groups in total. The molecular formula is C14H23N3OS. The fourth-order valence-corrected chi connectivity index (χ4v) is 3.18. The quantitative estimate of drug-likeness (QED) is 0.795. The maximum Gasteiger partial charge on any atom is 0.236 e. The van der Waals surface area contributed by atoms with Gasteiger partial charge in [0.15, 0.2) is 0 Å². The van der Waals surface area contributed by atoms with Gasteiger partial charge in [0, 0.05) is 18.0 Å². The highest BCUT2D eigenvalue weighted by atomic mass is 32.1. The number of fused-ring (bicyclic) bond motifs is 1. The van der Waals surface area contributed by atoms with Gasteiger partial charge in [0.1, 0.15) is 0 Å². The molecule has 1 aromatic heterocycles. The third kappa shape index (κ3) is 4.30. The summed E-state index contributed by atoms with van der Waals surface area (Å²) in [5.41, 5.74) is 1.33. The zero-order chi connectivity index (χ0) is 13.7. The fraction of sp³-hybridized carbons (Fsp3) is 0.643. The maximum atomic E-state index is 12.1. The molecular weight excluding hydrogens is 258 g/mol. The molecule has 0 atom stereocenters. The number of hydrogen-bond donors (Lipinski definition) is 1. The van der Waals surface area contributed by atoms with E-state index in [1.165, 1.54) is 10.4 Å². The van der Waals surface area contributed by atoms with Crippen molar-refractivity contribution in [1.29, 1.82) is 0 Å². The Hall–Kier alpha value is -0.910. The van der Waals surface area contributed by atoms with Crippen LogP contribution in [0.3, 0.4) is 0 Å². The van der Waals surface area contributed by atoms with Crippen LogP contribution in [0.4, 0.5) is 0 Å². The first kappa shape index (κ1) is 14.5. The summed E-state index contributed by atoms with van der Waals surface area (Å²) in [4.78, 5) is 17.7. The van der Waals surface area contributed by atoms with E-state index in [-0.39, 0.29) is 5.91 Å². The van der Waals surface area contributed by atoms with Crippen molar-refractivity contribution in [3.8, 4) is 0 Å². The Kier molecular flexibility index (Phi) is 5.36. The molecule has 5 heteroatoms. The molecule has 0 aliphatic carbocycles. The molecule has 0 unspecified atom stereocenters. The number of nitrogens with zero attached hydrogens (tertiary/aromatic N) is 2. The Bertz CT molecular complexity index is 417. The minimum absolute atomic E-state index is 0.224. The first-order valence-electron chi connectivity index (χ1n) is 6.85. The van der Waals surface area contributed by atoms with Crippen LogP contribution >= 0.6 is 11.3 Å². The molecule has 0 radical (unpaired) electrons. The first-order chi connectivity index (χ1) is 9.16. The summed E-state index contributed by atoms with van der Waals surface area (Å²) in [5.74, 6) is 0.224. The van der Waals surface area contributed by atoms with Crippen molar-refractivity contribution in [2.24, 2.45) is 0 Å². The molecule has 0 saturated carbocycles. The van der Waals surface area contributed by atoms with Gasteiger partial charge < -0.3 is 15.1 Å². The van der Waals surface area contributed by atoms with Crippen molar-refractivity contribution < 1.29 is 4.79 Å². The third-order valence-corrected chi connectivity index (χ3v) is 4.42. The Morgan fingerprint density at radius 2 is 2.37 bits per heavy atom. The normalized spacial score (nSPS) is 14.8. The van der Waals surface area contributed by atoms with E-state index in [0.717, 1.165) is 39.0 Å². The van der Waals surface area contributed by atoms with E-state index in [1.807, 2.05) is 16.2 Å². The summed E-state index contributed by atoms with van der Waals surface area (Å²) in [7, 11) is 4.13. The molecule has 0 aromatic carbocycles. The summed E-state index contributed by atoms with van der Waals surface area (Å²) in [6, 6.07) is 2.14. The Labute approximate surface area is 119 Å².